The molecule has 0 bridgehead atoms. The van der Waals surface area contributed by atoms with Gasteiger partial charge in [-0.1, -0.05) is 66.7 Å². The van der Waals surface area contributed by atoms with Crippen molar-refractivity contribution < 1.29 is 19.8 Å². The minimum Gasteiger partial charge on any atom is -0.478 e. The highest BCUT2D eigenvalue weighted by molar-refractivity contribution is 5.97. The Morgan fingerprint density at radius 3 is 1.36 bits per heavy atom. The number of rotatable bonds is 5. The smallest absolute Gasteiger partial charge is 0.336 e. The maximum absolute atomic E-state index is 11.8. The molecule has 0 amide bonds. The Kier molecular flexibility index (Phi) is 4.61. The molecule has 0 atom stereocenters. The summed E-state index contributed by atoms with van der Waals surface area (Å²) in [5.41, 5.74) is 1.96. The van der Waals surface area contributed by atoms with Crippen molar-refractivity contribution in [1.82, 2.24) is 0 Å². The first-order valence-electron chi connectivity index (χ1n) is 7.79. The monoisotopic (exact) mass is 332 g/mol. The molecule has 0 fully saturated rings. The lowest BCUT2D eigenvalue weighted by Gasteiger charge is -2.22. The summed E-state index contributed by atoms with van der Waals surface area (Å²) >= 11 is 0. The maximum atomic E-state index is 11.8. The van der Waals surface area contributed by atoms with E-state index in [2.05, 4.69) is 0 Å². The van der Waals surface area contributed by atoms with E-state index in [1.807, 2.05) is 60.7 Å². The maximum Gasteiger partial charge on any atom is 0.336 e. The molecule has 0 aromatic heterocycles. The van der Waals surface area contributed by atoms with Gasteiger partial charge in [0, 0.05) is 5.92 Å². The van der Waals surface area contributed by atoms with Gasteiger partial charge in [0.15, 0.2) is 0 Å². The summed E-state index contributed by atoms with van der Waals surface area (Å²) in [4.78, 5) is 23.5. The zero-order valence-electron chi connectivity index (χ0n) is 13.3. The fraction of sp³-hybridized carbons (Fsp3) is 0.0476. The van der Waals surface area contributed by atoms with E-state index in [-0.39, 0.29) is 11.1 Å². The molecular formula is C21H16O4. The summed E-state index contributed by atoms with van der Waals surface area (Å²) in [7, 11) is 0. The standard InChI is InChI=1S/C21H16O4/c22-20(23)16-12-7-13-17(21(24)25)19(16)18(14-8-3-1-4-9-14)15-10-5-2-6-11-15/h1-13,18H,(H,22,23)(H,24,25). The first-order chi connectivity index (χ1) is 12.1. The average Bonchev–Trinajstić information content (AvgIpc) is 2.63. The molecule has 4 heteroatoms. The van der Waals surface area contributed by atoms with Crippen molar-refractivity contribution in [3.8, 4) is 0 Å². The highest BCUT2D eigenvalue weighted by atomic mass is 16.4. The number of carboxylic acids is 2. The van der Waals surface area contributed by atoms with Gasteiger partial charge in [0.05, 0.1) is 11.1 Å². The molecule has 3 aromatic rings. The Balaban J connectivity index is 2.35. The van der Waals surface area contributed by atoms with Crippen LogP contribution in [0, 0.1) is 0 Å². The number of carbonyl (C=O) groups is 2. The molecule has 0 saturated carbocycles. The largest absolute Gasteiger partial charge is 0.478 e. The van der Waals surface area contributed by atoms with Crippen molar-refractivity contribution in [3.05, 3.63) is 107 Å². The third-order valence-corrected chi connectivity index (χ3v) is 4.12. The second-order valence-corrected chi connectivity index (χ2v) is 5.63. The minimum atomic E-state index is -1.14. The van der Waals surface area contributed by atoms with Crippen LogP contribution in [-0.2, 0) is 0 Å². The second-order valence-electron chi connectivity index (χ2n) is 5.63. The molecule has 0 saturated heterocycles. The zero-order chi connectivity index (χ0) is 17.8. The van der Waals surface area contributed by atoms with E-state index in [9.17, 15) is 19.8 Å². The van der Waals surface area contributed by atoms with E-state index < -0.39 is 17.9 Å². The predicted octanol–water partition coefficient (Wildman–Crippen LogP) is 4.26. The molecule has 0 unspecified atom stereocenters. The molecule has 25 heavy (non-hydrogen) atoms. The van der Waals surface area contributed by atoms with Crippen molar-refractivity contribution in [3.63, 3.8) is 0 Å². The topological polar surface area (TPSA) is 74.6 Å². The number of hydrogen-bond acceptors (Lipinski definition) is 2. The summed E-state index contributed by atoms with van der Waals surface area (Å²) < 4.78 is 0. The van der Waals surface area contributed by atoms with Crippen LogP contribution in [0.2, 0.25) is 0 Å². The first-order valence-corrected chi connectivity index (χ1v) is 7.79. The number of aromatic carboxylic acids is 2. The number of benzene rings is 3. The quantitative estimate of drug-likeness (QED) is 0.685. The van der Waals surface area contributed by atoms with Gasteiger partial charge in [0.2, 0.25) is 0 Å². The second kappa shape index (κ2) is 7.01. The van der Waals surface area contributed by atoms with Crippen molar-refractivity contribution in [2.24, 2.45) is 0 Å². The minimum absolute atomic E-state index is 0.00222. The lowest BCUT2D eigenvalue weighted by molar-refractivity contribution is 0.0695. The van der Waals surface area contributed by atoms with Crippen molar-refractivity contribution in [2.45, 2.75) is 5.92 Å². The fourth-order valence-corrected chi connectivity index (χ4v) is 3.07. The van der Waals surface area contributed by atoms with Crippen molar-refractivity contribution >= 4 is 11.9 Å². The number of carboxylic acid groups (broad SMARTS) is 2. The molecule has 0 radical (unpaired) electrons. The van der Waals surface area contributed by atoms with E-state index in [0.717, 1.165) is 11.1 Å². The molecule has 2 N–H and O–H groups in total. The van der Waals surface area contributed by atoms with E-state index in [0.29, 0.717) is 5.56 Å². The molecule has 0 aliphatic carbocycles. The Bertz CT molecular complexity index is 830. The van der Waals surface area contributed by atoms with Gasteiger partial charge >= 0.3 is 11.9 Å². The summed E-state index contributed by atoms with van der Waals surface area (Å²) in [5, 5.41) is 19.2. The van der Waals surface area contributed by atoms with Crippen LogP contribution in [0.4, 0.5) is 0 Å². The van der Waals surface area contributed by atoms with Crippen LogP contribution >= 0.6 is 0 Å². The summed E-state index contributed by atoms with van der Waals surface area (Å²) in [6.07, 6.45) is 0. The SMILES string of the molecule is O=C(O)c1cccc(C(=O)O)c1C(c1ccccc1)c1ccccc1. The van der Waals surface area contributed by atoms with Gasteiger partial charge in [-0.25, -0.2) is 9.59 Å². The van der Waals surface area contributed by atoms with E-state index in [4.69, 9.17) is 0 Å². The number of hydrogen-bond donors (Lipinski definition) is 2. The molecule has 0 aliphatic rings. The third-order valence-electron chi connectivity index (χ3n) is 4.12. The van der Waals surface area contributed by atoms with E-state index >= 15 is 0 Å². The average molecular weight is 332 g/mol. The van der Waals surface area contributed by atoms with Gasteiger partial charge < -0.3 is 10.2 Å². The van der Waals surface area contributed by atoms with Gasteiger partial charge in [0.1, 0.15) is 0 Å². The van der Waals surface area contributed by atoms with Crippen LogP contribution in [0.5, 0.6) is 0 Å². The van der Waals surface area contributed by atoms with Crippen LogP contribution in [0.3, 0.4) is 0 Å². The molecule has 3 rings (SSSR count). The van der Waals surface area contributed by atoms with Gasteiger partial charge in [-0.3, -0.25) is 0 Å². The summed E-state index contributed by atoms with van der Waals surface area (Å²) in [6.45, 7) is 0. The van der Waals surface area contributed by atoms with Crippen molar-refractivity contribution in [2.75, 3.05) is 0 Å². The van der Waals surface area contributed by atoms with Crippen LogP contribution in [-0.4, -0.2) is 22.2 Å². The summed E-state index contributed by atoms with van der Waals surface area (Å²) in [5.74, 6) is -2.77. The normalized spacial score (nSPS) is 10.6. The molecule has 0 spiro atoms. The van der Waals surface area contributed by atoms with Gasteiger partial charge in [0.25, 0.3) is 0 Å². The Morgan fingerprint density at radius 2 is 1.00 bits per heavy atom. The van der Waals surface area contributed by atoms with Crippen LogP contribution in [0.25, 0.3) is 0 Å². The predicted molar refractivity (Wildman–Crippen MR) is 94.2 cm³/mol. The van der Waals surface area contributed by atoms with E-state index in [1.54, 1.807) is 0 Å². The highest BCUT2D eigenvalue weighted by Gasteiger charge is 2.27. The molecule has 0 heterocycles. The molecule has 0 aliphatic heterocycles. The molecule has 124 valence electrons. The molecule has 4 nitrogen and oxygen atoms in total. The lowest BCUT2D eigenvalue weighted by Crippen LogP contribution is -2.15. The Hall–Kier alpha value is -3.40. The van der Waals surface area contributed by atoms with E-state index in [1.165, 1.54) is 18.2 Å². The van der Waals surface area contributed by atoms with Gasteiger partial charge in [-0.2, -0.15) is 0 Å². The van der Waals surface area contributed by atoms with Crippen LogP contribution < -0.4 is 0 Å². The third kappa shape index (κ3) is 3.28. The lowest BCUT2D eigenvalue weighted by atomic mass is 9.80. The molecule has 3 aromatic carbocycles. The van der Waals surface area contributed by atoms with Crippen LogP contribution in [0.1, 0.15) is 43.3 Å². The van der Waals surface area contributed by atoms with Crippen molar-refractivity contribution in [1.29, 1.82) is 0 Å². The van der Waals surface area contributed by atoms with Gasteiger partial charge in [-0.15, -0.1) is 0 Å². The first kappa shape index (κ1) is 16.5. The summed E-state index contributed by atoms with van der Waals surface area (Å²) in [6, 6.07) is 23.0. The highest BCUT2D eigenvalue weighted by Crippen LogP contribution is 2.36. The van der Waals surface area contributed by atoms with Crippen LogP contribution in [0.15, 0.2) is 78.9 Å². The Morgan fingerprint density at radius 1 is 0.600 bits per heavy atom. The Labute approximate surface area is 145 Å². The van der Waals surface area contributed by atoms with Gasteiger partial charge in [-0.05, 0) is 28.8 Å². The molecular weight excluding hydrogens is 316 g/mol. The fourth-order valence-electron chi connectivity index (χ4n) is 3.07. The zero-order valence-corrected chi connectivity index (χ0v) is 13.3.